The second-order valence-electron chi connectivity index (χ2n) is 3.77. The lowest BCUT2D eigenvalue weighted by Crippen LogP contribution is -2.28. The van der Waals surface area contributed by atoms with Crippen molar-refractivity contribution in [3.8, 4) is 5.75 Å². The minimum Gasteiger partial charge on any atom is -0.479 e. The van der Waals surface area contributed by atoms with Gasteiger partial charge in [-0.3, -0.25) is 0 Å². The maximum absolute atomic E-state index is 13.6. The van der Waals surface area contributed by atoms with Gasteiger partial charge in [-0.1, -0.05) is 19.1 Å². The predicted molar refractivity (Wildman–Crippen MR) is 73.6 cm³/mol. The quantitative estimate of drug-likeness (QED) is 0.641. The molecule has 0 amide bonds. The van der Waals surface area contributed by atoms with Crippen LogP contribution in [-0.4, -0.2) is 23.7 Å². The number of carbonyl (C=O) groups excluding carboxylic acids is 1. The lowest BCUT2D eigenvalue weighted by atomic mass is 10.2. The average Bonchev–Trinajstić information content (AvgIpc) is 2.35. The van der Waals surface area contributed by atoms with Crippen molar-refractivity contribution in [1.82, 2.24) is 0 Å². The first-order valence-electron chi connectivity index (χ1n) is 5.92. The second kappa shape index (κ2) is 7.04. The van der Waals surface area contributed by atoms with Crippen LogP contribution >= 0.6 is 12.2 Å². The fourth-order valence-corrected chi connectivity index (χ4v) is 1.63. The molecule has 1 aromatic rings. The van der Waals surface area contributed by atoms with Crippen LogP contribution in [0.15, 0.2) is 18.2 Å². The number of hydrogen-bond donors (Lipinski definition) is 1. The molecule has 0 bridgehead atoms. The van der Waals surface area contributed by atoms with E-state index < -0.39 is 17.9 Å². The Morgan fingerprint density at radius 1 is 1.47 bits per heavy atom. The fraction of sp³-hybridized carbons (Fsp3) is 0.385. The second-order valence-corrected chi connectivity index (χ2v) is 4.21. The molecule has 0 spiro atoms. The maximum Gasteiger partial charge on any atom is 0.347 e. The summed E-state index contributed by atoms with van der Waals surface area (Å²) in [4.78, 5) is 11.5. The SMILES string of the molecule is CCOC(=O)C(CC)Oc1ccc(C(N)=S)c(F)c1. The zero-order chi connectivity index (χ0) is 14.4. The van der Waals surface area contributed by atoms with E-state index in [1.54, 1.807) is 13.8 Å². The summed E-state index contributed by atoms with van der Waals surface area (Å²) >= 11 is 4.70. The van der Waals surface area contributed by atoms with Gasteiger partial charge in [-0.2, -0.15) is 0 Å². The molecule has 0 saturated heterocycles. The number of esters is 1. The molecule has 0 heterocycles. The Bertz CT molecular complexity index is 479. The van der Waals surface area contributed by atoms with Crippen LogP contribution in [0.2, 0.25) is 0 Å². The van der Waals surface area contributed by atoms with Gasteiger partial charge in [-0.25, -0.2) is 9.18 Å². The minimum absolute atomic E-state index is 0.0264. The van der Waals surface area contributed by atoms with Gasteiger partial charge in [-0.05, 0) is 25.5 Å². The zero-order valence-corrected chi connectivity index (χ0v) is 11.6. The molecule has 2 N–H and O–H groups in total. The van der Waals surface area contributed by atoms with Crippen molar-refractivity contribution in [3.63, 3.8) is 0 Å². The summed E-state index contributed by atoms with van der Waals surface area (Å²) in [5.41, 5.74) is 5.50. The molecule has 19 heavy (non-hydrogen) atoms. The molecule has 0 radical (unpaired) electrons. The maximum atomic E-state index is 13.6. The monoisotopic (exact) mass is 285 g/mol. The summed E-state index contributed by atoms with van der Waals surface area (Å²) in [5, 5.41) is 0. The molecular formula is C13H16FNO3S. The van der Waals surface area contributed by atoms with Crippen LogP contribution in [0.1, 0.15) is 25.8 Å². The third kappa shape index (κ3) is 4.17. The molecule has 4 nitrogen and oxygen atoms in total. The van der Waals surface area contributed by atoms with E-state index in [1.807, 2.05) is 0 Å². The van der Waals surface area contributed by atoms with Gasteiger partial charge in [0.25, 0.3) is 0 Å². The first-order chi connectivity index (χ1) is 8.99. The number of halogens is 1. The van der Waals surface area contributed by atoms with Crippen LogP contribution in [0.5, 0.6) is 5.75 Å². The van der Waals surface area contributed by atoms with Crippen molar-refractivity contribution in [2.75, 3.05) is 6.61 Å². The highest BCUT2D eigenvalue weighted by atomic mass is 32.1. The van der Waals surface area contributed by atoms with Crippen LogP contribution in [0.4, 0.5) is 4.39 Å². The average molecular weight is 285 g/mol. The highest BCUT2D eigenvalue weighted by Gasteiger charge is 2.20. The number of thiocarbonyl (C=S) groups is 1. The summed E-state index contributed by atoms with van der Waals surface area (Å²) in [6.07, 6.45) is -0.327. The van der Waals surface area contributed by atoms with Gasteiger partial charge in [-0.15, -0.1) is 0 Å². The third-order valence-corrected chi connectivity index (χ3v) is 2.62. The Morgan fingerprint density at radius 2 is 2.16 bits per heavy atom. The van der Waals surface area contributed by atoms with Crippen LogP contribution < -0.4 is 10.5 Å². The van der Waals surface area contributed by atoms with E-state index in [9.17, 15) is 9.18 Å². The molecule has 104 valence electrons. The molecule has 1 aromatic carbocycles. The topological polar surface area (TPSA) is 61.5 Å². The first kappa shape index (κ1) is 15.4. The van der Waals surface area contributed by atoms with Crippen molar-refractivity contribution in [3.05, 3.63) is 29.6 Å². The first-order valence-corrected chi connectivity index (χ1v) is 6.33. The predicted octanol–water partition coefficient (Wildman–Crippen LogP) is 2.18. The summed E-state index contributed by atoms with van der Waals surface area (Å²) in [6.45, 7) is 3.76. The molecule has 0 aromatic heterocycles. The van der Waals surface area contributed by atoms with Gasteiger partial charge in [0.2, 0.25) is 0 Å². The van der Waals surface area contributed by atoms with E-state index in [0.717, 1.165) is 6.07 Å². The number of nitrogens with two attached hydrogens (primary N) is 1. The number of benzene rings is 1. The highest BCUT2D eigenvalue weighted by molar-refractivity contribution is 7.80. The standard InChI is InChI=1S/C13H16FNO3S/c1-3-11(13(16)17-4-2)18-8-5-6-9(12(15)19)10(14)7-8/h5-7,11H,3-4H2,1-2H3,(H2,15,19). The lowest BCUT2D eigenvalue weighted by Gasteiger charge is -2.16. The number of rotatable bonds is 6. The van der Waals surface area contributed by atoms with Gasteiger partial charge in [0.15, 0.2) is 6.10 Å². The Morgan fingerprint density at radius 3 is 2.63 bits per heavy atom. The van der Waals surface area contributed by atoms with Gasteiger partial charge in [0, 0.05) is 11.6 Å². The van der Waals surface area contributed by atoms with E-state index in [2.05, 4.69) is 0 Å². The molecule has 0 saturated carbocycles. The van der Waals surface area contributed by atoms with E-state index in [0.29, 0.717) is 6.42 Å². The third-order valence-electron chi connectivity index (χ3n) is 2.40. The van der Waals surface area contributed by atoms with Gasteiger partial charge in [0.05, 0.1) is 6.61 Å². The van der Waals surface area contributed by atoms with E-state index in [4.69, 9.17) is 27.4 Å². The van der Waals surface area contributed by atoms with Crippen LogP contribution in [0.25, 0.3) is 0 Å². The lowest BCUT2D eigenvalue weighted by molar-refractivity contribution is -0.151. The van der Waals surface area contributed by atoms with Gasteiger partial charge < -0.3 is 15.2 Å². The van der Waals surface area contributed by atoms with Crippen molar-refractivity contribution < 1.29 is 18.7 Å². The van der Waals surface area contributed by atoms with Crippen molar-refractivity contribution >= 4 is 23.2 Å². The number of ether oxygens (including phenoxy) is 2. The molecule has 1 unspecified atom stereocenters. The Hall–Kier alpha value is -1.69. The highest BCUT2D eigenvalue weighted by Crippen LogP contribution is 2.19. The molecule has 0 aliphatic heterocycles. The number of hydrogen-bond acceptors (Lipinski definition) is 4. The Labute approximate surface area is 116 Å². The minimum atomic E-state index is -0.755. The van der Waals surface area contributed by atoms with Crippen molar-refractivity contribution in [2.45, 2.75) is 26.4 Å². The molecule has 0 fully saturated rings. The summed E-state index contributed by atoms with van der Waals surface area (Å²) in [7, 11) is 0. The smallest absolute Gasteiger partial charge is 0.347 e. The summed E-state index contributed by atoms with van der Waals surface area (Å²) < 4.78 is 23.9. The van der Waals surface area contributed by atoms with Crippen molar-refractivity contribution in [1.29, 1.82) is 0 Å². The summed E-state index contributed by atoms with van der Waals surface area (Å²) in [6, 6.07) is 4.08. The number of carbonyl (C=O) groups is 1. The van der Waals surface area contributed by atoms with E-state index in [-0.39, 0.29) is 22.9 Å². The molecule has 6 heteroatoms. The molecule has 1 rings (SSSR count). The van der Waals surface area contributed by atoms with Crippen molar-refractivity contribution in [2.24, 2.45) is 5.73 Å². The Balaban J connectivity index is 2.84. The largest absolute Gasteiger partial charge is 0.479 e. The molecular weight excluding hydrogens is 269 g/mol. The van der Waals surface area contributed by atoms with E-state index >= 15 is 0 Å². The summed E-state index contributed by atoms with van der Waals surface area (Å²) in [5.74, 6) is -0.815. The Kier molecular flexibility index (Phi) is 5.69. The molecule has 0 aliphatic rings. The van der Waals surface area contributed by atoms with Crippen LogP contribution in [0.3, 0.4) is 0 Å². The van der Waals surface area contributed by atoms with E-state index in [1.165, 1.54) is 12.1 Å². The molecule has 1 atom stereocenters. The van der Waals surface area contributed by atoms with Gasteiger partial charge in [0.1, 0.15) is 16.6 Å². The fourth-order valence-electron chi connectivity index (χ4n) is 1.47. The van der Waals surface area contributed by atoms with Gasteiger partial charge >= 0.3 is 5.97 Å². The van der Waals surface area contributed by atoms with Crippen LogP contribution in [-0.2, 0) is 9.53 Å². The van der Waals surface area contributed by atoms with Crippen LogP contribution in [0, 0.1) is 5.82 Å². The normalized spacial score (nSPS) is 11.7. The zero-order valence-electron chi connectivity index (χ0n) is 10.8. The molecule has 0 aliphatic carbocycles.